The highest BCUT2D eigenvalue weighted by Crippen LogP contribution is 2.24. The van der Waals surface area contributed by atoms with Crippen LogP contribution in [0.2, 0.25) is 0 Å². The number of aromatic nitrogens is 1. The summed E-state index contributed by atoms with van der Waals surface area (Å²) in [5.41, 5.74) is 2.02. The lowest BCUT2D eigenvalue weighted by Crippen LogP contribution is -1.78. The highest BCUT2D eigenvalue weighted by Gasteiger charge is 2.00. The Balaban J connectivity index is 2.41. The summed E-state index contributed by atoms with van der Waals surface area (Å²) in [5, 5.41) is 11.1. The molecule has 66 valence electrons. The van der Waals surface area contributed by atoms with Crippen molar-refractivity contribution in [2.45, 2.75) is 6.92 Å². The lowest BCUT2D eigenvalue weighted by Gasteiger charge is -1.95. The van der Waals surface area contributed by atoms with Crippen molar-refractivity contribution in [3.63, 3.8) is 0 Å². The van der Waals surface area contributed by atoms with E-state index in [0.29, 0.717) is 0 Å². The van der Waals surface area contributed by atoms with Crippen molar-refractivity contribution >= 4 is 11.3 Å². The summed E-state index contributed by atoms with van der Waals surface area (Å²) in [6.45, 7) is 2.06. The van der Waals surface area contributed by atoms with Crippen LogP contribution in [-0.4, -0.2) is 10.1 Å². The van der Waals surface area contributed by atoms with Crippen molar-refractivity contribution in [1.29, 1.82) is 0 Å². The number of aromatic hydroxyl groups is 1. The predicted octanol–water partition coefficient (Wildman–Crippen LogP) is 2.82. The Morgan fingerprint density at radius 2 is 2.23 bits per heavy atom. The van der Waals surface area contributed by atoms with Gasteiger partial charge in [0.05, 0.1) is 11.9 Å². The molecular formula is C10H9NOS. The second-order valence-corrected chi connectivity index (χ2v) is 3.96. The summed E-state index contributed by atoms with van der Waals surface area (Å²) in [4.78, 5) is 5.39. The molecule has 2 aromatic heterocycles. The lowest BCUT2D eigenvalue weighted by atomic mass is 10.2. The quantitative estimate of drug-likeness (QED) is 0.751. The number of rotatable bonds is 1. The van der Waals surface area contributed by atoms with Gasteiger partial charge in [0, 0.05) is 15.8 Å². The molecule has 0 aliphatic carbocycles. The number of pyridine rings is 1. The standard InChI is InChI=1S/C10H9NOS/c1-7-4-8(6-13-7)10-3-2-9(12)5-11-10/h2-6,12H,1H3. The molecule has 13 heavy (non-hydrogen) atoms. The minimum absolute atomic E-state index is 0.204. The van der Waals surface area contributed by atoms with Gasteiger partial charge in [0.2, 0.25) is 0 Å². The van der Waals surface area contributed by atoms with E-state index in [0.717, 1.165) is 11.3 Å². The average Bonchev–Trinajstić information content (AvgIpc) is 2.53. The summed E-state index contributed by atoms with van der Waals surface area (Å²) in [6.07, 6.45) is 1.46. The van der Waals surface area contributed by atoms with Crippen LogP contribution in [0.5, 0.6) is 5.75 Å². The Kier molecular flexibility index (Phi) is 2.02. The fraction of sp³-hybridized carbons (Fsp3) is 0.100. The monoisotopic (exact) mass is 191 g/mol. The van der Waals surface area contributed by atoms with E-state index in [1.165, 1.54) is 11.1 Å². The highest BCUT2D eigenvalue weighted by atomic mass is 32.1. The summed E-state index contributed by atoms with van der Waals surface area (Å²) >= 11 is 1.70. The Labute approximate surface area is 80.5 Å². The van der Waals surface area contributed by atoms with E-state index < -0.39 is 0 Å². The summed E-state index contributed by atoms with van der Waals surface area (Å²) in [5.74, 6) is 0.204. The predicted molar refractivity (Wildman–Crippen MR) is 54.0 cm³/mol. The van der Waals surface area contributed by atoms with Gasteiger partial charge in [-0.3, -0.25) is 4.98 Å². The first-order chi connectivity index (χ1) is 6.25. The first kappa shape index (κ1) is 8.26. The Hall–Kier alpha value is -1.35. The number of aryl methyl sites for hydroxylation is 1. The molecule has 2 nitrogen and oxygen atoms in total. The molecule has 0 aliphatic heterocycles. The molecule has 0 atom stereocenters. The number of nitrogens with zero attached hydrogens (tertiary/aromatic N) is 1. The van der Waals surface area contributed by atoms with Crippen LogP contribution < -0.4 is 0 Å². The van der Waals surface area contributed by atoms with Gasteiger partial charge in [0.15, 0.2) is 0 Å². The minimum Gasteiger partial charge on any atom is -0.506 e. The largest absolute Gasteiger partial charge is 0.506 e. The van der Waals surface area contributed by atoms with Crippen LogP contribution in [0.4, 0.5) is 0 Å². The first-order valence-electron chi connectivity index (χ1n) is 3.96. The zero-order chi connectivity index (χ0) is 9.26. The summed E-state index contributed by atoms with van der Waals surface area (Å²) in [6, 6.07) is 5.55. The van der Waals surface area contributed by atoms with E-state index >= 15 is 0 Å². The van der Waals surface area contributed by atoms with E-state index in [1.54, 1.807) is 17.4 Å². The Morgan fingerprint density at radius 3 is 2.77 bits per heavy atom. The molecule has 0 aliphatic rings. The summed E-state index contributed by atoms with van der Waals surface area (Å²) in [7, 11) is 0. The maximum Gasteiger partial charge on any atom is 0.133 e. The van der Waals surface area contributed by atoms with E-state index in [-0.39, 0.29) is 5.75 Å². The molecule has 0 radical (unpaired) electrons. The van der Waals surface area contributed by atoms with Crippen LogP contribution in [0.25, 0.3) is 11.3 Å². The fourth-order valence-corrected chi connectivity index (χ4v) is 1.83. The molecule has 0 amide bonds. The molecule has 2 aromatic rings. The van der Waals surface area contributed by atoms with Crippen LogP contribution >= 0.6 is 11.3 Å². The van der Waals surface area contributed by atoms with Crippen LogP contribution in [0.3, 0.4) is 0 Å². The third-order valence-corrected chi connectivity index (χ3v) is 2.64. The molecule has 2 heterocycles. The third kappa shape index (κ3) is 1.70. The topological polar surface area (TPSA) is 33.1 Å². The Bertz CT molecular complexity index is 405. The van der Waals surface area contributed by atoms with Crippen molar-refractivity contribution in [1.82, 2.24) is 4.98 Å². The molecule has 0 aromatic carbocycles. The highest BCUT2D eigenvalue weighted by molar-refractivity contribution is 7.10. The number of thiophene rings is 1. The average molecular weight is 191 g/mol. The second kappa shape index (κ2) is 3.18. The van der Waals surface area contributed by atoms with Crippen molar-refractivity contribution < 1.29 is 5.11 Å². The second-order valence-electron chi connectivity index (χ2n) is 2.85. The van der Waals surface area contributed by atoms with Gasteiger partial charge in [0.25, 0.3) is 0 Å². The molecule has 0 fully saturated rings. The molecule has 0 bridgehead atoms. The van der Waals surface area contributed by atoms with E-state index in [2.05, 4.69) is 23.4 Å². The first-order valence-corrected chi connectivity index (χ1v) is 4.84. The minimum atomic E-state index is 0.204. The zero-order valence-corrected chi connectivity index (χ0v) is 8.01. The number of hydrogen-bond donors (Lipinski definition) is 1. The van der Waals surface area contributed by atoms with Gasteiger partial charge >= 0.3 is 0 Å². The number of hydrogen-bond acceptors (Lipinski definition) is 3. The SMILES string of the molecule is Cc1cc(-c2ccc(O)cn2)cs1. The van der Waals surface area contributed by atoms with Gasteiger partial charge in [-0.15, -0.1) is 11.3 Å². The van der Waals surface area contributed by atoms with Gasteiger partial charge in [0.1, 0.15) is 5.75 Å². The van der Waals surface area contributed by atoms with Crippen LogP contribution in [-0.2, 0) is 0 Å². The summed E-state index contributed by atoms with van der Waals surface area (Å²) < 4.78 is 0. The van der Waals surface area contributed by atoms with E-state index in [1.807, 2.05) is 6.07 Å². The molecule has 1 N–H and O–H groups in total. The van der Waals surface area contributed by atoms with Gasteiger partial charge in [-0.25, -0.2) is 0 Å². The van der Waals surface area contributed by atoms with Crippen molar-refractivity contribution in [3.05, 3.63) is 34.7 Å². The van der Waals surface area contributed by atoms with Gasteiger partial charge in [-0.1, -0.05) is 0 Å². The normalized spacial score (nSPS) is 10.2. The van der Waals surface area contributed by atoms with Crippen LogP contribution in [0, 0.1) is 6.92 Å². The molecule has 0 spiro atoms. The molecule has 0 unspecified atom stereocenters. The van der Waals surface area contributed by atoms with Crippen molar-refractivity contribution in [2.75, 3.05) is 0 Å². The smallest absolute Gasteiger partial charge is 0.133 e. The van der Waals surface area contributed by atoms with Gasteiger partial charge in [-0.2, -0.15) is 0 Å². The zero-order valence-electron chi connectivity index (χ0n) is 7.19. The maximum absolute atomic E-state index is 9.05. The Morgan fingerprint density at radius 1 is 1.38 bits per heavy atom. The molecule has 0 saturated heterocycles. The van der Waals surface area contributed by atoms with Crippen LogP contribution in [0.1, 0.15) is 4.88 Å². The molecule has 2 rings (SSSR count). The van der Waals surface area contributed by atoms with E-state index in [9.17, 15) is 0 Å². The third-order valence-electron chi connectivity index (χ3n) is 1.77. The van der Waals surface area contributed by atoms with Gasteiger partial charge < -0.3 is 5.11 Å². The van der Waals surface area contributed by atoms with Crippen LogP contribution in [0.15, 0.2) is 29.8 Å². The molecular weight excluding hydrogens is 182 g/mol. The van der Waals surface area contributed by atoms with Crippen molar-refractivity contribution in [3.8, 4) is 17.0 Å². The molecule has 0 saturated carbocycles. The fourth-order valence-electron chi connectivity index (χ4n) is 1.13. The lowest BCUT2D eigenvalue weighted by molar-refractivity contribution is 0.473. The molecule has 3 heteroatoms. The van der Waals surface area contributed by atoms with Gasteiger partial charge in [-0.05, 0) is 25.1 Å². The maximum atomic E-state index is 9.05. The van der Waals surface area contributed by atoms with E-state index in [4.69, 9.17) is 5.11 Å². The van der Waals surface area contributed by atoms with Crippen molar-refractivity contribution in [2.24, 2.45) is 0 Å².